The van der Waals surface area contributed by atoms with E-state index in [9.17, 15) is 0 Å². The molecule has 0 spiro atoms. The molecule has 5 nitrogen and oxygen atoms in total. The smallest absolute Gasteiger partial charge is 0.247 e. The molecule has 0 aliphatic carbocycles. The van der Waals surface area contributed by atoms with Crippen LogP contribution in [0.2, 0.25) is 0 Å². The van der Waals surface area contributed by atoms with Crippen molar-refractivity contribution in [1.82, 2.24) is 15.2 Å². The summed E-state index contributed by atoms with van der Waals surface area (Å²) < 4.78 is 5.20. The van der Waals surface area contributed by atoms with Crippen LogP contribution >= 0.6 is 11.3 Å². The molecule has 3 aromatic rings. The van der Waals surface area contributed by atoms with Gasteiger partial charge in [0, 0.05) is 16.1 Å². The van der Waals surface area contributed by atoms with Gasteiger partial charge in [-0.15, -0.1) is 21.5 Å². The largest absolute Gasteiger partial charge is 0.423 e. The van der Waals surface area contributed by atoms with Crippen LogP contribution < -0.4 is 5.32 Å². The molecule has 0 atom stereocenters. The summed E-state index contributed by atoms with van der Waals surface area (Å²) in [5.74, 6) is 0.526. The molecule has 20 heavy (non-hydrogen) atoms. The van der Waals surface area contributed by atoms with Gasteiger partial charge in [-0.1, -0.05) is 6.07 Å². The number of hydrogen-bond donors (Lipinski definition) is 1. The molecule has 2 heterocycles. The molecule has 1 aromatic carbocycles. The number of hydrogen-bond acceptors (Lipinski definition) is 6. The van der Waals surface area contributed by atoms with Crippen LogP contribution in [0.5, 0.6) is 0 Å². The van der Waals surface area contributed by atoms with E-state index in [1.165, 1.54) is 11.3 Å². The molecule has 0 amide bonds. The van der Waals surface area contributed by atoms with Gasteiger partial charge < -0.3 is 9.73 Å². The third kappa shape index (κ3) is 2.70. The van der Waals surface area contributed by atoms with Crippen molar-refractivity contribution >= 4 is 17.0 Å². The highest BCUT2D eigenvalue weighted by atomic mass is 32.1. The van der Waals surface area contributed by atoms with Gasteiger partial charge in [-0.2, -0.15) is 0 Å². The van der Waals surface area contributed by atoms with Crippen LogP contribution in [0.4, 0.5) is 5.69 Å². The van der Waals surface area contributed by atoms with E-state index in [2.05, 4.69) is 20.5 Å². The maximum atomic E-state index is 5.20. The second-order valence-electron chi connectivity index (χ2n) is 4.42. The lowest BCUT2D eigenvalue weighted by Gasteiger charge is -2.06. The number of anilines is 1. The fourth-order valence-corrected chi connectivity index (χ4v) is 2.86. The van der Waals surface area contributed by atoms with Crippen LogP contribution in [0, 0.1) is 13.8 Å². The van der Waals surface area contributed by atoms with Gasteiger partial charge >= 0.3 is 0 Å². The van der Waals surface area contributed by atoms with E-state index in [0.29, 0.717) is 5.89 Å². The molecule has 0 aliphatic heterocycles. The molecule has 0 saturated heterocycles. The van der Waals surface area contributed by atoms with Crippen LogP contribution in [0.3, 0.4) is 0 Å². The van der Waals surface area contributed by atoms with E-state index >= 15 is 0 Å². The minimum absolute atomic E-state index is 0.526. The van der Waals surface area contributed by atoms with Crippen LogP contribution in [0.15, 0.2) is 35.1 Å². The Labute approximate surface area is 120 Å². The lowest BCUT2D eigenvalue weighted by atomic mass is 10.2. The van der Waals surface area contributed by atoms with Crippen molar-refractivity contribution in [1.29, 1.82) is 0 Å². The highest BCUT2D eigenvalue weighted by molar-refractivity contribution is 7.11. The minimum atomic E-state index is 0.526. The zero-order valence-corrected chi connectivity index (χ0v) is 12.1. The Morgan fingerprint density at radius 3 is 2.90 bits per heavy atom. The van der Waals surface area contributed by atoms with Crippen molar-refractivity contribution in [2.75, 3.05) is 5.32 Å². The average molecular weight is 286 g/mol. The second kappa shape index (κ2) is 5.42. The predicted molar refractivity (Wildman–Crippen MR) is 78.6 cm³/mol. The van der Waals surface area contributed by atoms with E-state index < -0.39 is 0 Å². The Kier molecular flexibility index (Phi) is 3.47. The first-order valence-electron chi connectivity index (χ1n) is 6.26. The highest BCUT2D eigenvalue weighted by Crippen LogP contribution is 2.22. The van der Waals surface area contributed by atoms with Crippen molar-refractivity contribution in [2.24, 2.45) is 0 Å². The first-order valence-corrected chi connectivity index (χ1v) is 7.07. The van der Waals surface area contributed by atoms with E-state index in [1.807, 2.05) is 38.1 Å². The zero-order valence-electron chi connectivity index (χ0n) is 11.3. The monoisotopic (exact) mass is 286 g/mol. The van der Waals surface area contributed by atoms with Gasteiger partial charge in [0.05, 0.1) is 17.2 Å². The Morgan fingerprint density at radius 1 is 1.30 bits per heavy atom. The highest BCUT2D eigenvalue weighted by Gasteiger charge is 2.06. The Bertz CT molecular complexity index is 706. The molecule has 0 aliphatic rings. The SMILES string of the molecule is Cc1nc(C)c(CNc2cccc(-c3nnco3)c2)s1. The maximum Gasteiger partial charge on any atom is 0.247 e. The molecular formula is C14H14N4OS. The second-order valence-corrected chi connectivity index (χ2v) is 5.71. The Morgan fingerprint density at radius 2 is 2.20 bits per heavy atom. The summed E-state index contributed by atoms with van der Waals surface area (Å²) in [6.07, 6.45) is 1.33. The number of rotatable bonds is 4. The topological polar surface area (TPSA) is 63.8 Å². The van der Waals surface area contributed by atoms with E-state index in [-0.39, 0.29) is 0 Å². The molecular weight excluding hydrogens is 272 g/mol. The Balaban J connectivity index is 1.75. The quantitative estimate of drug-likeness (QED) is 0.796. The molecule has 102 valence electrons. The van der Waals surface area contributed by atoms with Gasteiger partial charge in [0.2, 0.25) is 12.3 Å². The lowest BCUT2D eigenvalue weighted by Crippen LogP contribution is -1.99. The lowest BCUT2D eigenvalue weighted by molar-refractivity contribution is 0.568. The number of nitrogens with one attached hydrogen (secondary N) is 1. The molecule has 0 fully saturated rings. The minimum Gasteiger partial charge on any atom is -0.423 e. The summed E-state index contributed by atoms with van der Waals surface area (Å²) >= 11 is 1.72. The normalized spacial score (nSPS) is 10.7. The van der Waals surface area contributed by atoms with Gasteiger partial charge in [0.15, 0.2) is 0 Å². The number of thiazole rings is 1. The van der Waals surface area contributed by atoms with Gasteiger partial charge in [0.1, 0.15) is 0 Å². The summed E-state index contributed by atoms with van der Waals surface area (Å²) in [5, 5.41) is 12.1. The fourth-order valence-electron chi connectivity index (χ4n) is 1.98. The Hall–Kier alpha value is -2.21. The van der Waals surface area contributed by atoms with Crippen LogP contribution in [0.1, 0.15) is 15.6 Å². The average Bonchev–Trinajstić information content (AvgIpc) is 3.07. The summed E-state index contributed by atoms with van der Waals surface area (Å²) in [4.78, 5) is 5.68. The van der Waals surface area contributed by atoms with Crippen LogP contribution in [-0.4, -0.2) is 15.2 Å². The molecule has 0 unspecified atom stereocenters. The third-order valence-electron chi connectivity index (χ3n) is 2.92. The molecule has 6 heteroatoms. The molecule has 0 saturated carbocycles. The first kappa shape index (κ1) is 12.8. The van der Waals surface area contributed by atoms with E-state index in [0.717, 1.165) is 28.5 Å². The summed E-state index contributed by atoms with van der Waals surface area (Å²) in [6.45, 7) is 4.83. The van der Waals surface area contributed by atoms with Crippen LogP contribution in [0.25, 0.3) is 11.5 Å². The molecule has 3 rings (SSSR count). The summed E-state index contributed by atoms with van der Waals surface area (Å²) in [7, 11) is 0. The number of benzene rings is 1. The van der Waals surface area contributed by atoms with Gasteiger partial charge in [0.25, 0.3) is 0 Å². The van der Waals surface area contributed by atoms with Crippen molar-refractivity contribution in [3.63, 3.8) is 0 Å². The maximum absolute atomic E-state index is 5.20. The van der Waals surface area contributed by atoms with Crippen molar-refractivity contribution < 1.29 is 4.42 Å². The summed E-state index contributed by atoms with van der Waals surface area (Å²) in [5.41, 5.74) is 3.02. The van der Waals surface area contributed by atoms with Crippen molar-refractivity contribution in [2.45, 2.75) is 20.4 Å². The van der Waals surface area contributed by atoms with E-state index in [4.69, 9.17) is 4.42 Å². The van der Waals surface area contributed by atoms with Crippen molar-refractivity contribution in [3.05, 3.63) is 46.2 Å². The number of aromatic nitrogens is 3. The molecule has 0 radical (unpaired) electrons. The van der Waals surface area contributed by atoms with Crippen LogP contribution in [-0.2, 0) is 6.54 Å². The first-order chi connectivity index (χ1) is 9.72. The molecule has 0 bridgehead atoms. The predicted octanol–water partition coefficient (Wildman–Crippen LogP) is 3.42. The summed E-state index contributed by atoms with van der Waals surface area (Å²) in [6, 6.07) is 7.92. The standard InChI is InChI=1S/C14H14N4OS/c1-9-13(20-10(2)17-9)7-15-12-5-3-4-11(6-12)14-18-16-8-19-14/h3-6,8,15H,7H2,1-2H3. The number of aryl methyl sites for hydroxylation is 2. The van der Waals surface area contributed by atoms with Gasteiger partial charge in [-0.05, 0) is 32.0 Å². The molecule has 2 aromatic heterocycles. The zero-order chi connectivity index (χ0) is 13.9. The fraction of sp³-hybridized carbons (Fsp3) is 0.214. The van der Waals surface area contributed by atoms with Gasteiger partial charge in [-0.25, -0.2) is 4.98 Å². The van der Waals surface area contributed by atoms with Gasteiger partial charge in [-0.3, -0.25) is 0 Å². The van der Waals surface area contributed by atoms with E-state index in [1.54, 1.807) is 11.3 Å². The third-order valence-corrected chi connectivity index (χ3v) is 4.00. The number of nitrogens with zero attached hydrogens (tertiary/aromatic N) is 3. The molecule has 1 N–H and O–H groups in total. The van der Waals surface area contributed by atoms with Crippen molar-refractivity contribution in [3.8, 4) is 11.5 Å².